The fourth-order valence-electron chi connectivity index (χ4n) is 0.635. The Labute approximate surface area is 70.2 Å². The van der Waals surface area contributed by atoms with Crippen LogP contribution in [0.2, 0.25) is 0 Å². The van der Waals surface area contributed by atoms with Gasteiger partial charge in [-0.05, 0) is 0 Å². The SMILES string of the molecule is CC(C)(C)c1nnc(NC=O)o1. The third-order valence-corrected chi connectivity index (χ3v) is 1.25. The highest BCUT2D eigenvalue weighted by Gasteiger charge is 2.21. The van der Waals surface area contributed by atoms with Crippen molar-refractivity contribution in [3.8, 4) is 0 Å². The third-order valence-electron chi connectivity index (χ3n) is 1.25. The molecule has 1 aromatic rings. The van der Waals surface area contributed by atoms with Gasteiger partial charge in [0.25, 0.3) is 0 Å². The zero-order valence-electron chi connectivity index (χ0n) is 7.29. The highest BCUT2D eigenvalue weighted by molar-refractivity contribution is 5.65. The summed E-state index contributed by atoms with van der Waals surface area (Å²) in [4.78, 5) is 9.99. The van der Waals surface area contributed by atoms with Gasteiger partial charge in [0, 0.05) is 5.41 Å². The number of nitrogens with zero attached hydrogens (tertiary/aromatic N) is 2. The van der Waals surface area contributed by atoms with E-state index in [1.807, 2.05) is 20.8 Å². The van der Waals surface area contributed by atoms with Crippen LogP contribution in [0.5, 0.6) is 0 Å². The van der Waals surface area contributed by atoms with Crippen molar-refractivity contribution >= 4 is 12.4 Å². The molecular weight excluding hydrogens is 158 g/mol. The molecule has 0 bridgehead atoms. The molecule has 0 aliphatic carbocycles. The summed E-state index contributed by atoms with van der Waals surface area (Å²) in [6.07, 6.45) is 0.500. The third kappa shape index (κ3) is 1.81. The van der Waals surface area contributed by atoms with Gasteiger partial charge in [-0.2, -0.15) is 0 Å². The lowest BCUT2D eigenvalue weighted by Gasteiger charge is -2.10. The molecule has 0 atom stereocenters. The summed E-state index contributed by atoms with van der Waals surface area (Å²) in [7, 11) is 0. The number of carbonyl (C=O) groups is 1. The van der Waals surface area contributed by atoms with Crippen LogP contribution in [0, 0.1) is 0 Å². The maximum absolute atomic E-state index is 9.99. The molecule has 0 aromatic carbocycles. The number of hydrogen-bond donors (Lipinski definition) is 1. The van der Waals surface area contributed by atoms with Crippen LogP contribution in [0.25, 0.3) is 0 Å². The first-order valence-corrected chi connectivity index (χ1v) is 3.58. The Balaban J connectivity index is 2.84. The largest absolute Gasteiger partial charge is 0.407 e. The van der Waals surface area contributed by atoms with E-state index in [2.05, 4.69) is 15.5 Å². The molecule has 66 valence electrons. The summed E-state index contributed by atoms with van der Waals surface area (Å²) >= 11 is 0. The van der Waals surface area contributed by atoms with Gasteiger partial charge >= 0.3 is 6.01 Å². The van der Waals surface area contributed by atoms with Gasteiger partial charge in [-0.25, -0.2) is 0 Å². The Morgan fingerprint density at radius 3 is 2.50 bits per heavy atom. The molecule has 0 aliphatic heterocycles. The maximum Gasteiger partial charge on any atom is 0.322 e. The molecule has 1 heterocycles. The van der Waals surface area contributed by atoms with Crippen molar-refractivity contribution in [2.24, 2.45) is 0 Å². The van der Waals surface area contributed by atoms with Crippen LogP contribution in [0.4, 0.5) is 6.01 Å². The predicted molar refractivity (Wildman–Crippen MR) is 42.7 cm³/mol. The topological polar surface area (TPSA) is 68.0 Å². The Bertz CT molecular complexity index is 274. The number of nitrogens with one attached hydrogen (secondary N) is 1. The van der Waals surface area contributed by atoms with Gasteiger partial charge in [0.2, 0.25) is 12.3 Å². The van der Waals surface area contributed by atoms with E-state index in [0.717, 1.165) is 0 Å². The fraction of sp³-hybridized carbons (Fsp3) is 0.571. The molecule has 1 N–H and O–H groups in total. The van der Waals surface area contributed by atoms with Gasteiger partial charge in [0.1, 0.15) is 0 Å². The van der Waals surface area contributed by atoms with Crippen LogP contribution in [0.1, 0.15) is 26.7 Å². The monoisotopic (exact) mass is 169 g/mol. The maximum atomic E-state index is 9.99. The molecule has 0 aliphatic rings. The number of anilines is 1. The first-order chi connectivity index (χ1) is 5.54. The van der Waals surface area contributed by atoms with E-state index in [1.165, 1.54) is 0 Å². The van der Waals surface area contributed by atoms with E-state index in [1.54, 1.807) is 0 Å². The number of hydrogen-bond acceptors (Lipinski definition) is 4. The standard InChI is InChI=1S/C7H11N3O2/c1-7(2,3)5-9-10-6(12-5)8-4-11/h4H,1-3H3,(H,8,10,11). The number of aromatic nitrogens is 2. The summed E-state index contributed by atoms with van der Waals surface area (Å²) in [5.74, 6) is 0.506. The van der Waals surface area contributed by atoms with E-state index >= 15 is 0 Å². The average molecular weight is 169 g/mol. The van der Waals surface area contributed by atoms with Crippen LogP contribution in [0.15, 0.2) is 4.42 Å². The molecule has 5 nitrogen and oxygen atoms in total. The van der Waals surface area contributed by atoms with Crippen molar-refractivity contribution in [3.05, 3.63) is 5.89 Å². The van der Waals surface area contributed by atoms with E-state index < -0.39 is 0 Å². The van der Waals surface area contributed by atoms with Crippen LogP contribution in [-0.4, -0.2) is 16.6 Å². The molecule has 0 spiro atoms. The highest BCUT2D eigenvalue weighted by atomic mass is 16.4. The second-order valence-electron chi connectivity index (χ2n) is 3.42. The molecule has 1 aromatic heterocycles. The molecule has 1 amide bonds. The molecule has 5 heteroatoms. The van der Waals surface area contributed by atoms with Gasteiger partial charge in [0.05, 0.1) is 0 Å². The quantitative estimate of drug-likeness (QED) is 0.669. The average Bonchev–Trinajstić information content (AvgIpc) is 2.35. The first kappa shape index (κ1) is 8.70. The minimum atomic E-state index is -0.185. The van der Waals surface area contributed by atoms with Crippen molar-refractivity contribution in [1.82, 2.24) is 10.2 Å². The van der Waals surface area contributed by atoms with E-state index in [9.17, 15) is 4.79 Å². The second-order valence-corrected chi connectivity index (χ2v) is 3.42. The van der Waals surface area contributed by atoms with Crippen LogP contribution in [-0.2, 0) is 10.2 Å². The molecular formula is C7H11N3O2. The lowest BCUT2D eigenvalue weighted by Crippen LogP contribution is -2.11. The predicted octanol–water partition coefficient (Wildman–Crippen LogP) is 0.935. The second kappa shape index (κ2) is 2.92. The molecule has 1 rings (SSSR count). The lowest BCUT2D eigenvalue weighted by molar-refractivity contribution is -0.105. The fourth-order valence-corrected chi connectivity index (χ4v) is 0.635. The number of rotatable bonds is 2. The Kier molecular flexibility index (Phi) is 2.12. The smallest absolute Gasteiger partial charge is 0.322 e. The van der Waals surface area contributed by atoms with Crippen LogP contribution >= 0.6 is 0 Å². The number of carbonyl (C=O) groups excluding carboxylic acids is 1. The van der Waals surface area contributed by atoms with Gasteiger partial charge in [-0.3, -0.25) is 10.1 Å². The zero-order valence-corrected chi connectivity index (χ0v) is 7.29. The van der Waals surface area contributed by atoms with Crippen LogP contribution < -0.4 is 5.32 Å². The summed E-state index contributed by atoms with van der Waals surface area (Å²) in [6.45, 7) is 5.85. The summed E-state index contributed by atoms with van der Waals surface area (Å²) in [6, 6.07) is 0.134. The summed E-state index contributed by atoms with van der Waals surface area (Å²) in [5, 5.41) is 9.66. The zero-order chi connectivity index (χ0) is 9.19. The van der Waals surface area contributed by atoms with Crippen molar-refractivity contribution in [3.63, 3.8) is 0 Å². The molecule has 0 saturated heterocycles. The highest BCUT2D eigenvalue weighted by Crippen LogP contribution is 2.21. The van der Waals surface area contributed by atoms with Crippen molar-refractivity contribution in [2.45, 2.75) is 26.2 Å². The van der Waals surface area contributed by atoms with Crippen molar-refractivity contribution < 1.29 is 9.21 Å². The molecule has 0 fully saturated rings. The first-order valence-electron chi connectivity index (χ1n) is 3.58. The summed E-state index contributed by atoms with van der Waals surface area (Å²) < 4.78 is 5.12. The molecule has 0 radical (unpaired) electrons. The minimum absolute atomic E-state index is 0.134. The molecule has 0 unspecified atom stereocenters. The van der Waals surface area contributed by atoms with Crippen molar-refractivity contribution in [2.75, 3.05) is 5.32 Å². The van der Waals surface area contributed by atoms with E-state index in [4.69, 9.17) is 4.42 Å². The Morgan fingerprint density at radius 2 is 2.08 bits per heavy atom. The van der Waals surface area contributed by atoms with Crippen LogP contribution in [0.3, 0.4) is 0 Å². The minimum Gasteiger partial charge on any atom is -0.407 e. The summed E-state index contributed by atoms with van der Waals surface area (Å²) in [5.41, 5.74) is -0.185. The van der Waals surface area contributed by atoms with E-state index in [0.29, 0.717) is 12.3 Å². The van der Waals surface area contributed by atoms with Gasteiger partial charge in [0.15, 0.2) is 0 Å². The normalized spacial score (nSPS) is 11.2. The Hall–Kier alpha value is -1.39. The Morgan fingerprint density at radius 1 is 1.42 bits per heavy atom. The molecule has 12 heavy (non-hydrogen) atoms. The van der Waals surface area contributed by atoms with Gasteiger partial charge in [-0.15, -0.1) is 5.10 Å². The van der Waals surface area contributed by atoms with Crippen molar-refractivity contribution in [1.29, 1.82) is 0 Å². The number of amides is 1. The van der Waals surface area contributed by atoms with Gasteiger partial charge < -0.3 is 4.42 Å². The molecule has 0 saturated carbocycles. The van der Waals surface area contributed by atoms with E-state index in [-0.39, 0.29) is 11.4 Å². The van der Waals surface area contributed by atoms with Gasteiger partial charge in [-0.1, -0.05) is 25.9 Å². The lowest BCUT2D eigenvalue weighted by atomic mass is 9.97.